The molecular weight excluding hydrogens is 408 g/mol. The Morgan fingerprint density at radius 3 is 2.52 bits per heavy atom. The maximum absolute atomic E-state index is 12.6. The van der Waals surface area contributed by atoms with E-state index in [-0.39, 0.29) is 11.8 Å². The summed E-state index contributed by atoms with van der Waals surface area (Å²) in [5.74, 6) is 0.834. The van der Waals surface area contributed by atoms with Crippen molar-refractivity contribution in [2.24, 2.45) is 5.92 Å². The fourth-order valence-electron chi connectivity index (χ4n) is 3.88. The smallest absolute Gasteiger partial charge is 0.252 e. The number of carbonyl (C=O) groups is 1. The largest absolute Gasteiger partial charge is 0.357 e. The number of aromatic nitrogens is 1. The molecule has 2 aliphatic rings. The van der Waals surface area contributed by atoms with Crippen molar-refractivity contribution in [3.8, 4) is 0 Å². The van der Waals surface area contributed by atoms with E-state index in [9.17, 15) is 13.2 Å². The summed E-state index contributed by atoms with van der Waals surface area (Å²) in [6.45, 7) is 3.32. The number of rotatable bonds is 6. The molecule has 2 saturated heterocycles. The number of carbonyl (C=O) groups excluding carboxylic acids is 1. The minimum atomic E-state index is -3.43. The van der Waals surface area contributed by atoms with E-state index in [1.165, 1.54) is 28.5 Å². The number of anilines is 1. The van der Waals surface area contributed by atoms with Gasteiger partial charge in [0.05, 0.1) is 0 Å². The summed E-state index contributed by atoms with van der Waals surface area (Å²) >= 11 is 1.23. The van der Waals surface area contributed by atoms with Crippen LogP contribution in [-0.4, -0.2) is 49.8 Å². The molecule has 4 rings (SSSR count). The van der Waals surface area contributed by atoms with E-state index in [1.807, 2.05) is 18.3 Å². The summed E-state index contributed by atoms with van der Waals surface area (Å²) in [6, 6.07) is 7.39. The predicted octanol–water partition coefficient (Wildman–Crippen LogP) is 2.46. The molecule has 1 amide bonds. The first-order valence-electron chi connectivity index (χ1n) is 10.1. The van der Waals surface area contributed by atoms with Gasteiger partial charge in [0.25, 0.3) is 10.0 Å². The molecule has 0 atom stereocenters. The molecule has 2 aliphatic heterocycles. The summed E-state index contributed by atoms with van der Waals surface area (Å²) < 4.78 is 27.0. The average molecular weight is 435 g/mol. The van der Waals surface area contributed by atoms with Gasteiger partial charge >= 0.3 is 0 Å². The molecule has 9 heteroatoms. The lowest BCUT2D eigenvalue weighted by atomic mass is 9.97. The highest BCUT2D eigenvalue weighted by atomic mass is 32.2. The Labute approximate surface area is 175 Å². The molecule has 7 nitrogen and oxygen atoms in total. The van der Waals surface area contributed by atoms with Crippen molar-refractivity contribution in [3.63, 3.8) is 0 Å². The number of thiophene rings is 1. The van der Waals surface area contributed by atoms with Gasteiger partial charge in [-0.1, -0.05) is 12.1 Å². The molecule has 4 heterocycles. The van der Waals surface area contributed by atoms with Crippen molar-refractivity contribution in [1.29, 1.82) is 0 Å². The van der Waals surface area contributed by atoms with Gasteiger partial charge in [-0.05, 0) is 48.8 Å². The zero-order valence-electron chi connectivity index (χ0n) is 16.3. The third-order valence-corrected chi connectivity index (χ3v) is 8.89. The van der Waals surface area contributed by atoms with Gasteiger partial charge in [-0.2, -0.15) is 4.31 Å². The van der Waals surface area contributed by atoms with E-state index in [2.05, 4.69) is 15.2 Å². The minimum absolute atomic E-state index is 0.0122. The van der Waals surface area contributed by atoms with Gasteiger partial charge < -0.3 is 10.2 Å². The van der Waals surface area contributed by atoms with Gasteiger partial charge in [-0.25, -0.2) is 13.4 Å². The molecule has 29 heavy (non-hydrogen) atoms. The van der Waals surface area contributed by atoms with Crippen molar-refractivity contribution in [1.82, 2.24) is 14.6 Å². The maximum Gasteiger partial charge on any atom is 0.252 e. The van der Waals surface area contributed by atoms with Gasteiger partial charge in [0.1, 0.15) is 10.0 Å². The van der Waals surface area contributed by atoms with E-state index in [1.54, 1.807) is 17.5 Å². The zero-order valence-corrected chi connectivity index (χ0v) is 17.9. The molecular formula is C20H26N4O3S2. The van der Waals surface area contributed by atoms with Crippen LogP contribution < -0.4 is 10.2 Å². The molecule has 0 radical (unpaired) electrons. The highest BCUT2D eigenvalue weighted by molar-refractivity contribution is 7.91. The van der Waals surface area contributed by atoms with Gasteiger partial charge in [-0.3, -0.25) is 4.79 Å². The molecule has 0 aliphatic carbocycles. The number of hydrogen-bond acceptors (Lipinski definition) is 6. The lowest BCUT2D eigenvalue weighted by Crippen LogP contribution is -2.42. The van der Waals surface area contributed by atoms with Crippen molar-refractivity contribution in [3.05, 3.63) is 41.4 Å². The summed E-state index contributed by atoms with van der Waals surface area (Å²) in [5.41, 5.74) is 0.971. The van der Waals surface area contributed by atoms with Crippen LogP contribution in [0.5, 0.6) is 0 Å². The van der Waals surface area contributed by atoms with E-state index >= 15 is 0 Å². The summed E-state index contributed by atoms with van der Waals surface area (Å²) in [6.07, 6.45) is 5.34. The molecule has 0 saturated carbocycles. The van der Waals surface area contributed by atoms with Crippen molar-refractivity contribution in [2.75, 3.05) is 31.1 Å². The van der Waals surface area contributed by atoms with Crippen LogP contribution in [0.2, 0.25) is 0 Å². The number of hydrogen-bond donors (Lipinski definition) is 1. The van der Waals surface area contributed by atoms with Crippen LogP contribution >= 0.6 is 11.3 Å². The van der Waals surface area contributed by atoms with Crippen LogP contribution in [0, 0.1) is 5.92 Å². The topological polar surface area (TPSA) is 82.6 Å². The molecule has 0 bridgehead atoms. The van der Waals surface area contributed by atoms with Crippen LogP contribution in [0.15, 0.2) is 40.1 Å². The summed E-state index contributed by atoms with van der Waals surface area (Å²) in [7, 11) is -3.43. The van der Waals surface area contributed by atoms with E-state index in [0.717, 1.165) is 24.5 Å². The number of pyridine rings is 1. The number of nitrogens with one attached hydrogen (secondary N) is 1. The summed E-state index contributed by atoms with van der Waals surface area (Å²) in [4.78, 5) is 19.3. The summed E-state index contributed by atoms with van der Waals surface area (Å²) in [5, 5.41) is 4.74. The first-order valence-corrected chi connectivity index (χ1v) is 12.4. The number of nitrogens with zero attached hydrogens (tertiary/aromatic N) is 3. The number of piperidine rings is 1. The van der Waals surface area contributed by atoms with Crippen LogP contribution in [0.4, 0.5) is 5.82 Å². The first kappa shape index (κ1) is 20.3. The Bertz CT molecular complexity index is 915. The number of amides is 1. The minimum Gasteiger partial charge on any atom is -0.357 e. The van der Waals surface area contributed by atoms with Crippen LogP contribution in [-0.2, 0) is 21.4 Å². The monoisotopic (exact) mass is 434 g/mol. The van der Waals surface area contributed by atoms with Gasteiger partial charge in [0, 0.05) is 44.8 Å². The van der Waals surface area contributed by atoms with Crippen LogP contribution in [0.3, 0.4) is 0 Å². The Balaban J connectivity index is 1.26. The molecule has 156 valence electrons. The first-order chi connectivity index (χ1) is 14.0. The normalized spacial score (nSPS) is 18.8. The second-order valence-electron chi connectivity index (χ2n) is 7.55. The number of sulfonamides is 1. The molecule has 2 aromatic heterocycles. The molecule has 0 unspecified atom stereocenters. The van der Waals surface area contributed by atoms with Crippen molar-refractivity contribution >= 4 is 33.1 Å². The Morgan fingerprint density at radius 2 is 1.90 bits per heavy atom. The van der Waals surface area contributed by atoms with Crippen LogP contribution in [0.25, 0.3) is 0 Å². The average Bonchev–Trinajstić information content (AvgIpc) is 3.47. The third kappa shape index (κ3) is 4.62. The Hall–Kier alpha value is -1.97. The Kier molecular flexibility index (Phi) is 6.17. The van der Waals surface area contributed by atoms with Gasteiger partial charge in [0.15, 0.2) is 0 Å². The van der Waals surface area contributed by atoms with E-state index in [0.29, 0.717) is 36.7 Å². The maximum atomic E-state index is 12.6. The van der Waals surface area contributed by atoms with E-state index in [4.69, 9.17) is 0 Å². The Morgan fingerprint density at radius 1 is 1.14 bits per heavy atom. The highest BCUT2D eigenvalue weighted by Gasteiger charge is 2.32. The van der Waals surface area contributed by atoms with E-state index < -0.39 is 10.0 Å². The third-order valence-electron chi connectivity index (χ3n) is 5.62. The second kappa shape index (κ2) is 8.81. The molecule has 2 aromatic rings. The highest BCUT2D eigenvalue weighted by Crippen LogP contribution is 2.26. The SMILES string of the molecule is O=C(NCc1ccc(N2CCCC2)nc1)C1CCN(S(=O)(=O)c2cccs2)CC1. The van der Waals surface area contributed by atoms with Crippen molar-refractivity contribution in [2.45, 2.75) is 36.4 Å². The molecule has 0 spiro atoms. The van der Waals surface area contributed by atoms with Gasteiger partial charge in [0.2, 0.25) is 5.91 Å². The molecule has 1 N–H and O–H groups in total. The lowest BCUT2D eigenvalue weighted by Gasteiger charge is -2.30. The fourth-order valence-corrected chi connectivity index (χ4v) is 6.50. The van der Waals surface area contributed by atoms with Crippen molar-refractivity contribution < 1.29 is 13.2 Å². The van der Waals surface area contributed by atoms with Gasteiger partial charge in [-0.15, -0.1) is 11.3 Å². The fraction of sp³-hybridized carbons (Fsp3) is 0.500. The molecule has 0 aromatic carbocycles. The quantitative estimate of drug-likeness (QED) is 0.755. The predicted molar refractivity (Wildman–Crippen MR) is 113 cm³/mol. The lowest BCUT2D eigenvalue weighted by molar-refractivity contribution is -0.126. The second-order valence-corrected chi connectivity index (χ2v) is 10.7. The van der Waals surface area contributed by atoms with Crippen LogP contribution in [0.1, 0.15) is 31.2 Å². The molecule has 2 fully saturated rings. The standard InChI is InChI=1S/C20H26N4O3S2/c25-20(22-15-16-5-6-18(21-14-16)23-9-1-2-10-23)17-7-11-24(12-8-17)29(26,27)19-4-3-13-28-19/h3-6,13-14,17H,1-2,7-12,15H2,(H,22,25). The zero-order chi connectivity index (χ0) is 20.3.